The molecule has 142 heavy (non-hydrogen) atoms. The lowest BCUT2D eigenvalue weighted by atomic mass is 10.00. The largest absolute Gasteiger partial charge is 0.268 e. The Morgan fingerprint density at radius 3 is 0.620 bits per heavy atom. The van der Waals surface area contributed by atoms with Gasteiger partial charge in [-0.25, -0.2) is 61.5 Å². The Kier molecular flexibility index (Phi) is 35.0. The van der Waals surface area contributed by atoms with Gasteiger partial charge in [-0.05, 0) is 337 Å². The van der Waals surface area contributed by atoms with Gasteiger partial charge in [0.15, 0.2) is 0 Å². The molecule has 6 heterocycles. The van der Waals surface area contributed by atoms with E-state index in [1.165, 1.54) is 104 Å². The van der Waals surface area contributed by atoms with E-state index in [1.54, 1.807) is 96.5 Å². The van der Waals surface area contributed by atoms with E-state index in [9.17, 15) is 61.5 Å². The molecule has 0 spiro atoms. The first-order valence-electron chi connectivity index (χ1n) is 46.5. The average Bonchev–Trinajstić information content (AvgIpc) is 1.58. The van der Waals surface area contributed by atoms with Gasteiger partial charge in [0.1, 0.15) is 81.4 Å². The van der Waals surface area contributed by atoms with Crippen molar-refractivity contribution >= 4 is 0 Å². The topological polar surface area (TPSA) is 107 Å². The van der Waals surface area contributed by atoms with Gasteiger partial charge in [0.2, 0.25) is 0 Å². The average molecular weight is 1940 g/mol. The second-order valence-electron chi connectivity index (χ2n) is 35.4. The Balaban J connectivity index is 0.000000143. The van der Waals surface area contributed by atoms with E-state index in [0.29, 0.717) is 101 Å². The van der Waals surface area contributed by atoms with Gasteiger partial charge in [0, 0.05) is 53.4 Å². The lowest BCUT2D eigenvalue weighted by Gasteiger charge is -2.09. The molecular formula is C116H110F14N12. The minimum absolute atomic E-state index is 0.0154. The van der Waals surface area contributed by atoms with Crippen LogP contribution < -0.4 is 0 Å². The first-order chi connectivity index (χ1) is 67.9. The molecular weight excluding hydrogens is 1830 g/mol. The summed E-state index contributed by atoms with van der Waals surface area (Å²) in [5.41, 5.74) is 21.8. The molecule has 18 rings (SSSR count). The lowest BCUT2D eigenvalue weighted by molar-refractivity contribution is 0.552. The molecule has 0 N–H and O–H groups in total. The molecule has 12 nitrogen and oxygen atoms in total. The molecule has 0 saturated heterocycles. The van der Waals surface area contributed by atoms with E-state index in [4.69, 9.17) is 0 Å². The quantitative estimate of drug-likeness (QED) is 0.0558. The summed E-state index contributed by atoms with van der Waals surface area (Å²) in [6.45, 7) is 14.9. The van der Waals surface area contributed by atoms with E-state index >= 15 is 0 Å². The van der Waals surface area contributed by atoms with E-state index in [-0.39, 0.29) is 63.9 Å². The molecule has 0 aliphatic carbocycles. The predicted molar refractivity (Wildman–Crippen MR) is 532 cm³/mol. The zero-order valence-corrected chi connectivity index (χ0v) is 81.5. The number of rotatable bonds is 24. The summed E-state index contributed by atoms with van der Waals surface area (Å²) in [4.78, 5) is 0. The molecule has 0 amide bonds. The summed E-state index contributed by atoms with van der Waals surface area (Å²) >= 11 is 0. The van der Waals surface area contributed by atoms with E-state index in [0.717, 1.165) is 116 Å². The van der Waals surface area contributed by atoms with Gasteiger partial charge >= 0.3 is 0 Å². The SMILES string of the molecule is Cc1cc(-c2c(F)cc(CCc3c(F)cccc3F)cc2F)n(C)n1.Cc1cc(-c2c(F)cc(CCc3ccccc3F)cc2F)n(C)n1.Cc1cc(-c2ccc(CCc3c(F)cccc3F)cc2)n(C)n1.Cc1cc(-c2ccc(CCc3ccccc3F)cc2)n(C)n1.Cc1ccc(CCc2cc(F)c(-c3cc(C)nn3C)c(F)c2)c(F)c1.Cc1ccc(CCc2ccc(-c3cc(C)nn3C)cc2)c(F)c1. The zero-order chi connectivity index (χ0) is 102. The van der Waals surface area contributed by atoms with Crippen LogP contribution in [0, 0.1) is 137 Å². The maximum absolute atomic E-state index is 14.5. The molecule has 0 aliphatic heterocycles. The second-order valence-corrected chi connectivity index (χ2v) is 35.4. The minimum Gasteiger partial charge on any atom is -0.268 e. The number of aryl methyl sites for hydroxylation is 24. The zero-order valence-electron chi connectivity index (χ0n) is 81.5. The molecule has 0 fully saturated rings. The molecule has 732 valence electrons. The molecule has 0 bridgehead atoms. The van der Waals surface area contributed by atoms with Gasteiger partial charge in [-0.2, -0.15) is 30.6 Å². The van der Waals surface area contributed by atoms with Crippen molar-refractivity contribution in [2.24, 2.45) is 42.3 Å². The van der Waals surface area contributed by atoms with Crippen molar-refractivity contribution in [3.8, 4) is 67.5 Å². The first kappa shape index (κ1) is 104. The molecule has 18 aromatic rings. The maximum Gasteiger partial charge on any atom is 0.135 e. The highest BCUT2D eigenvalue weighted by Crippen LogP contribution is 2.35. The summed E-state index contributed by atoms with van der Waals surface area (Å²) in [5, 5.41) is 25.4. The minimum atomic E-state index is -0.730. The summed E-state index contributed by atoms with van der Waals surface area (Å²) in [6, 6.07) is 75.0. The van der Waals surface area contributed by atoms with Crippen molar-refractivity contribution in [2.75, 3.05) is 0 Å². The van der Waals surface area contributed by atoms with Gasteiger partial charge < -0.3 is 0 Å². The van der Waals surface area contributed by atoms with Crippen LogP contribution in [0.15, 0.2) is 267 Å². The highest BCUT2D eigenvalue weighted by Gasteiger charge is 2.24. The van der Waals surface area contributed by atoms with Crippen LogP contribution in [-0.4, -0.2) is 58.7 Å². The summed E-state index contributed by atoms with van der Waals surface area (Å²) < 4.78 is 206. The summed E-state index contributed by atoms with van der Waals surface area (Å²) in [7, 11) is 10.7. The van der Waals surface area contributed by atoms with Crippen LogP contribution in [0.1, 0.15) is 112 Å². The number of hydrogen-bond acceptors (Lipinski definition) is 6. The fourth-order valence-electron chi connectivity index (χ4n) is 17.1. The van der Waals surface area contributed by atoms with Gasteiger partial charge in [-0.15, -0.1) is 0 Å². The van der Waals surface area contributed by atoms with E-state index in [1.807, 2.05) is 130 Å². The highest BCUT2D eigenvalue weighted by molar-refractivity contribution is 5.67. The number of hydrogen-bond donors (Lipinski definition) is 0. The standard InChI is InChI=1S/C20H19F3N2.C20H21FN2.C19H16F4N2.C19H17F3N2.C19H18F2N2.C19H19FN2/c1-12-4-6-15(16(21)8-12)7-5-14-10-17(22)20(18(23)11-14)19-9-13(2)24-25(19)3;1-14-4-8-17(19(21)12-14)9-5-16-6-10-18(11-7-16)20-13-15(2)22-23(20)3;1-11-8-18(25(2)24-11)19-16(22)9-12(10-17(19)23)6-7-13-14(20)4-3-5-15(13)21;1-12-9-18(24(2)23-12)19-16(21)10-13(11-17(19)22)7-8-14-5-3-4-6-15(14)20;1-13-12-19(23(2)22-13)15-9-6-14(7-10-15)8-11-16-17(20)4-3-5-18(16)21;1-14-13-19(22(2)21-14)17-11-8-15(9-12-17)7-10-16-5-3-4-6-18(16)20/h4,6,8-11H,5,7H2,1-3H3;4,6-8,10-13H,5,9H2,1-3H3;3-5,8-10H,6-7H2,1-2H3;3-6,9-11H,7-8H2,1-2H3;3-7,9-10,12H,8,11H2,1-2H3;3-6,8-9,11-13H,7,10H2,1-2H3. The van der Waals surface area contributed by atoms with Gasteiger partial charge in [0.05, 0.1) is 85.0 Å². The Hall–Kier alpha value is -15.1. The van der Waals surface area contributed by atoms with Crippen molar-refractivity contribution in [1.29, 1.82) is 0 Å². The van der Waals surface area contributed by atoms with Crippen molar-refractivity contribution in [3.63, 3.8) is 0 Å². The summed E-state index contributed by atoms with van der Waals surface area (Å²) in [5.74, 6) is -7.11. The van der Waals surface area contributed by atoms with E-state index in [2.05, 4.69) is 91.3 Å². The molecule has 0 saturated carbocycles. The first-order valence-corrected chi connectivity index (χ1v) is 46.5. The van der Waals surface area contributed by atoms with Crippen molar-refractivity contribution < 1.29 is 61.5 Å². The van der Waals surface area contributed by atoms with Crippen LogP contribution in [0.4, 0.5) is 61.5 Å². The van der Waals surface area contributed by atoms with Crippen LogP contribution in [0.3, 0.4) is 0 Å². The fraction of sp³-hybridized carbons (Fsp3) is 0.224. The van der Waals surface area contributed by atoms with E-state index < -0.39 is 58.2 Å². The highest BCUT2D eigenvalue weighted by atomic mass is 19.2. The Morgan fingerprint density at radius 1 is 0.176 bits per heavy atom. The molecule has 6 aromatic heterocycles. The third kappa shape index (κ3) is 27.3. The number of nitrogens with zero attached hydrogens (tertiary/aromatic N) is 12. The van der Waals surface area contributed by atoms with Gasteiger partial charge in [-0.3, -0.25) is 28.1 Å². The lowest BCUT2D eigenvalue weighted by Crippen LogP contribution is -2.02. The van der Waals surface area contributed by atoms with Crippen molar-refractivity contribution in [1.82, 2.24) is 58.7 Å². The predicted octanol–water partition coefficient (Wildman–Crippen LogP) is 27.6. The molecule has 0 atom stereocenters. The van der Waals surface area contributed by atoms with Crippen LogP contribution in [-0.2, 0) is 119 Å². The monoisotopic (exact) mass is 1940 g/mol. The van der Waals surface area contributed by atoms with Crippen LogP contribution in [0.5, 0.6) is 0 Å². The Labute approximate surface area is 818 Å². The van der Waals surface area contributed by atoms with Crippen molar-refractivity contribution in [3.05, 3.63) is 460 Å². The van der Waals surface area contributed by atoms with Gasteiger partial charge in [-0.1, -0.05) is 146 Å². The normalized spacial score (nSPS) is 11.0. The Bertz CT molecular complexity index is 7300. The van der Waals surface area contributed by atoms with Crippen LogP contribution in [0.25, 0.3) is 67.5 Å². The molecule has 0 unspecified atom stereocenters. The van der Waals surface area contributed by atoms with Crippen LogP contribution in [0.2, 0.25) is 0 Å². The molecule has 26 heteroatoms. The third-order valence-corrected chi connectivity index (χ3v) is 24.4. The smallest absolute Gasteiger partial charge is 0.135 e. The molecule has 12 aromatic carbocycles. The van der Waals surface area contributed by atoms with Crippen molar-refractivity contribution in [2.45, 2.75) is 132 Å². The number of halogens is 14. The van der Waals surface area contributed by atoms with Crippen LogP contribution >= 0.6 is 0 Å². The fourth-order valence-corrected chi connectivity index (χ4v) is 17.1. The maximum atomic E-state index is 14.5. The molecule has 0 radical (unpaired) electrons. The third-order valence-electron chi connectivity index (χ3n) is 24.4. The second kappa shape index (κ2) is 47.7. The number of aromatic nitrogens is 12. The molecule has 0 aliphatic rings. The Morgan fingerprint density at radius 2 is 0.387 bits per heavy atom. The van der Waals surface area contributed by atoms with Gasteiger partial charge in [0.25, 0.3) is 0 Å². The number of benzene rings is 12. The summed E-state index contributed by atoms with van der Waals surface area (Å²) in [6.07, 6.45) is 5.69.